The first-order chi connectivity index (χ1) is 9.58. The number of aromatic nitrogens is 1. The van der Waals surface area contributed by atoms with Gasteiger partial charge in [0.25, 0.3) is 0 Å². The molecule has 1 heterocycles. The lowest BCUT2D eigenvalue weighted by atomic mass is 10.2. The number of hydrogen-bond donors (Lipinski definition) is 3. The van der Waals surface area contributed by atoms with Crippen molar-refractivity contribution in [3.05, 3.63) is 16.1 Å². The SMILES string of the molecule is CSC1CCC(NC(=O)NCc2nc(C(=O)O)cs2)C1. The largest absolute Gasteiger partial charge is 0.476 e. The highest BCUT2D eigenvalue weighted by molar-refractivity contribution is 7.99. The Hall–Kier alpha value is -1.28. The number of carboxylic acid groups (broad SMARTS) is 1. The molecule has 110 valence electrons. The van der Waals surface area contributed by atoms with Gasteiger partial charge in [-0.25, -0.2) is 14.6 Å². The van der Waals surface area contributed by atoms with Gasteiger partial charge < -0.3 is 15.7 Å². The van der Waals surface area contributed by atoms with Crippen LogP contribution in [0.15, 0.2) is 5.38 Å². The molecule has 1 fully saturated rings. The van der Waals surface area contributed by atoms with Gasteiger partial charge in [-0.1, -0.05) is 0 Å². The standard InChI is InChI=1S/C12H17N3O3S2/c1-19-8-3-2-7(4-8)14-12(18)13-5-10-15-9(6-20-10)11(16)17/h6-8H,2-5H2,1H3,(H,16,17)(H2,13,14,18). The van der Waals surface area contributed by atoms with Crippen LogP contribution in [0.2, 0.25) is 0 Å². The zero-order valence-corrected chi connectivity index (χ0v) is 12.7. The molecule has 3 N–H and O–H groups in total. The van der Waals surface area contributed by atoms with Gasteiger partial charge in [-0.05, 0) is 25.5 Å². The Labute approximate surface area is 125 Å². The van der Waals surface area contributed by atoms with Gasteiger partial charge in [0.15, 0.2) is 5.69 Å². The van der Waals surface area contributed by atoms with Crippen LogP contribution in [0.25, 0.3) is 0 Å². The molecule has 20 heavy (non-hydrogen) atoms. The molecule has 1 aliphatic rings. The number of thiazole rings is 1. The molecule has 0 aliphatic heterocycles. The maximum Gasteiger partial charge on any atom is 0.355 e. The average molecular weight is 315 g/mol. The molecule has 8 heteroatoms. The van der Waals surface area contributed by atoms with Gasteiger partial charge >= 0.3 is 12.0 Å². The van der Waals surface area contributed by atoms with Gasteiger partial charge in [-0.15, -0.1) is 11.3 Å². The number of aromatic carboxylic acids is 1. The molecule has 0 aromatic carbocycles. The lowest BCUT2D eigenvalue weighted by Crippen LogP contribution is -2.40. The van der Waals surface area contributed by atoms with Crippen LogP contribution < -0.4 is 10.6 Å². The number of rotatable bonds is 5. The summed E-state index contributed by atoms with van der Waals surface area (Å²) in [6.45, 7) is 0.252. The van der Waals surface area contributed by atoms with E-state index in [9.17, 15) is 9.59 Å². The summed E-state index contributed by atoms with van der Waals surface area (Å²) in [5.74, 6) is -1.05. The topological polar surface area (TPSA) is 91.3 Å². The maximum atomic E-state index is 11.7. The minimum atomic E-state index is -1.05. The second-order valence-electron chi connectivity index (χ2n) is 4.63. The first-order valence-corrected chi connectivity index (χ1v) is 8.50. The predicted octanol–water partition coefficient (Wildman–Crippen LogP) is 1.92. The highest BCUT2D eigenvalue weighted by Gasteiger charge is 2.25. The second kappa shape index (κ2) is 6.94. The van der Waals surface area contributed by atoms with E-state index in [4.69, 9.17) is 5.11 Å². The third-order valence-corrected chi connectivity index (χ3v) is 5.17. The number of carbonyl (C=O) groups is 2. The Bertz CT molecular complexity index is 492. The summed E-state index contributed by atoms with van der Waals surface area (Å²) in [6, 6.07) is 0.0159. The van der Waals surface area contributed by atoms with Crippen molar-refractivity contribution in [1.29, 1.82) is 0 Å². The van der Waals surface area contributed by atoms with Crippen molar-refractivity contribution in [2.75, 3.05) is 6.26 Å². The van der Waals surface area contributed by atoms with Crippen molar-refractivity contribution in [1.82, 2.24) is 15.6 Å². The molecule has 1 aromatic heterocycles. The van der Waals surface area contributed by atoms with Gasteiger partial charge in [0.2, 0.25) is 0 Å². The third kappa shape index (κ3) is 4.11. The lowest BCUT2D eigenvalue weighted by molar-refractivity contribution is 0.0691. The number of nitrogens with zero attached hydrogens (tertiary/aromatic N) is 1. The van der Waals surface area contributed by atoms with Crippen LogP contribution in [-0.4, -0.2) is 39.6 Å². The molecule has 0 radical (unpaired) electrons. The summed E-state index contributed by atoms with van der Waals surface area (Å²) >= 11 is 3.07. The number of amides is 2. The average Bonchev–Trinajstić information content (AvgIpc) is 3.05. The van der Waals surface area contributed by atoms with Crippen molar-refractivity contribution in [2.45, 2.75) is 37.1 Å². The smallest absolute Gasteiger partial charge is 0.355 e. The first-order valence-electron chi connectivity index (χ1n) is 6.33. The van der Waals surface area contributed by atoms with E-state index in [-0.39, 0.29) is 24.3 Å². The van der Waals surface area contributed by atoms with Crippen molar-refractivity contribution < 1.29 is 14.7 Å². The molecule has 0 saturated heterocycles. The molecule has 0 spiro atoms. The Kier molecular flexibility index (Phi) is 5.24. The molecule has 1 aromatic rings. The molecule has 2 rings (SSSR count). The normalized spacial score (nSPS) is 21.6. The van der Waals surface area contributed by atoms with Gasteiger partial charge in [0.1, 0.15) is 5.01 Å². The van der Waals surface area contributed by atoms with Crippen LogP contribution in [0.1, 0.15) is 34.8 Å². The van der Waals surface area contributed by atoms with E-state index in [2.05, 4.69) is 21.9 Å². The quantitative estimate of drug-likeness (QED) is 0.772. The van der Waals surface area contributed by atoms with Gasteiger partial charge in [-0.2, -0.15) is 11.8 Å². The summed E-state index contributed by atoms with van der Waals surface area (Å²) in [6.07, 6.45) is 5.25. The number of urea groups is 1. The molecular weight excluding hydrogens is 298 g/mol. The monoisotopic (exact) mass is 315 g/mol. The first kappa shape index (κ1) is 15.1. The summed E-state index contributed by atoms with van der Waals surface area (Å²) in [7, 11) is 0. The minimum Gasteiger partial charge on any atom is -0.476 e. The van der Waals surface area contributed by atoms with E-state index in [1.54, 1.807) is 0 Å². The van der Waals surface area contributed by atoms with E-state index in [1.807, 2.05) is 11.8 Å². The van der Waals surface area contributed by atoms with Crippen LogP contribution in [0.3, 0.4) is 0 Å². The number of nitrogens with one attached hydrogen (secondary N) is 2. The maximum absolute atomic E-state index is 11.7. The molecular formula is C12H17N3O3S2. The van der Waals surface area contributed by atoms with Crippen LogP contribution in [-0.2, 0) is 6.54 Å². The number of hydrogen-bond acceptors (Lipinski definition) is 5. The fraction of sp³-hybridized carbons (Fsp3) is 0.583. The van der Waals surface area contributed by atoms with Crippen LogP contribution >= 0.6 is 23.1 Å². The van der Waals surface area contributed by atoms with Gasteiger partial charge in [-0.3, -0.25) is 0 Å². The fourth-order valence-electron chi connectivity index (χ4n) is 2.17. The van der Waals surface area contributed by atoms with Crippen molar-refractivity contribution >= 4 is 35.1 Å². The lowest BCUT2D eigenvalue weighted by Gasteiger charge is -2.13. The number of thioether (sulfide) groups is 1. The van der Waals surface area contributed by atoms with Gasteiger partial charge in [0.05, 0.1) is 6.54 Å². The van der Waals surface area contributed by atoms with Crippen LogP contribution in [0, 0.1) is 0 Å². The van der Waals surface area contributed by atoms with Crippen molar-refractivity contribution in [3.63, 3.8) is 0 Å². The highest BCUT2D eigenvalue weighted by atomic mass is 32.2. The highest BCUT2D eigenvalue weighted by Crippen LogP contribution is 2.27. The number of carboxylic acids is 1. The minimum absolute atomic E-state index is 0.0193. The Morgan fingerprint density at radius 2 is 2.35 bits per heavy atom. The van der Waals surface area contributed by atoms with Gasteiger partial charge in [0, 0.05) is 16.7 Å². The third-order valence-electron chi connectivity index (χ3n) is 3.22. The van der Waals surface area contributed by atoms with E-state index in [0.29, 0.717) is 10.3 Å². The van der Waals surface area contributed by atoms with E-state index in [0.717, 1.165) is 19.3 Å². The molecule has 1 saturated carbocycles. The summed E-state index contributed by atoms with van der Waals surface area (Å²) in [5.41, 5.74) is 0.0193. The molecule has 0 bridgehead atoms. The van der Waals surface area contributed by atoms with E-state index in [1.165, 1.54) is 16.7 Å². The Morgan fingerprint density at radius 3 is 2.95 bits per heavy atom. The number of carbonyl (C=O) groups excluding carboxylic acids is 1. The fourth-order valence-corrected chi connectivity index (χ4v) is 3.67. The zero-order valence-electron chi connectivity index (χ0n) is 11.1. The summed E-state index contributed by atoms with van der Waals surface area (Å²) in [4.78, 5) is 26.3. The molecule has 2 amide bonds. The molecule has 1 aliphatic carbocycles. The molecule has 6 nitrogen and oxygen atoms in total. The van der Waals surface area contributed by atoms with Crippen LogP contribution in [0.4, 0.5) is 4.79 Å². The van der Waals surface area contributed by atoms with Crippen LogP contribution in [0.5, 0.6) is 0 Å². The molecule has 2 atom stereocenters. The van der Waals surface area contributed by atoms with Crippen molar-refractivity contribution in [2.24, 2.45) is 0 Å². The van der Waals surface area contributed by atoms with E-state index >= 15 is 0 Å². The zero-order chi connectivity index (χ0) is 14.5. The molecule has 2 unspecified atom stereocenters. The van der Waals surface area contributed by atoms with Crippen molar-refractivity contribution in [3.8, 4) is 0 Å². The summed E-state index contributed by atoms with van der Waals surface area (Å²) < 4.78 is 0. The Morgan fingerprint density at radius 1 is 1.55 bits per heavy atom. The Balaban J connectivity index is 1.73. The van der Waals surface area contributed by atoms with E-state index < -0.39 is 5.97 Å². The summed E-state index contributed by atoms with van der Waals surface area (Å²) in [5, 5.41) is 17.1. The predicted molar refractivity (Wildman–Crippen MR) is 79.4 cm³/mol. The second-order valence-corrected chi connectivity index (χ2v) is 6.71.